The van der Waals surface area contributed by atoms with Crippen molar-refractivity contribution in [2.75, 3.05) is 78.0 Å². The van der Waals surface area contributed by atoms with Crippen molar-refractivity contribution in [3.63, 3.8) is 0 Å². The molecule has 0 aromatic heterocycles. The van der Waals surface area contributed by atoms with Gasteiger partial charge in [0, 0.05) is 52.5 Å². The maximum absolute atomic E-state index is 12.3. The summed E-state index contributed by atoms with van der Waals surface area (Å²) in [6, 6.07) is 8.51. The van der Waals surface area contributed by atoms with Crippen molar-refractivity contribution in [1.29, 1.82) is 0 Å². The van der Waals surface area contributed by atoms with E-state index in [2.05, 4.69) is 49.6 Å². The predicted molar refractivity (Wildman–Crippen MR) is 118 cm³/mol. The molecule has 1 atom stereocenters. The number of hydrogen-bond donors (Lipinski definition) is 2. The minimum atomic E-state index is -0.564. The number of nitrogens with one attached hydrogen (secondary N) is 2. The summed E-state index contributed by atoms with van der Waals surface area (Å²) in [5, 5.41) is 5.58. The van der Waals surface area contributed by atoms with E-state index in [9.17, 15) is 9.59 Å². The number of nitrogens with zero attached hydrogens (tertiary/aromatic N) is 3. The van der Waals surface area contributed by atoms with Crippen LogP contribution in [0, 0.1) is 0 Å². The molecule has 2 heterocycles. The standard InChI is InChI=1S/C22H35N5O3/c1-25(2)19-7-5-18(6-8-19)20(27-10-3-4-11-27)17-24-22(29)21(28)23-9-12-26-13-15-30-16-14-26/h5-8,20H,3-4,9-17H2,1-2H3,(H,23,28)(H,24,29)/t20-/m0/s1. The van der Waals surface area contributed by atoms with Gasteiger partial charge in [0.15, 0.2) is 0 Å². The molecule has 0 bridgehead atoms. The second-order valence-electron chi connectivity index (χ2n) is 8.16. The molecule has 2 fully saturated rings. The zero-order valence-corrected chi connectivity index (χ0v) is 18.2. The number of amides is 2. The molecule has 0 unspecified atom stereocenters. The highest BCUT2D eigenvalue weighted by molar-refractivity contribution is 6.35. The molecule has 0 saturated carbocycles. The van der Waals surface area contributed by atoms with Crippen LogP contribution >= 0.6 is 0 Å². The smallest absolute Gasteiger partial charge is 0.309 e. The first-order valence-electron chi connectivity index (χ1n) is 10.9. The van der Waals surface area contributed by atoms with Crippen molar-refractivity contribution < 1.29 is 14.3 Å². The summed E-state index contributed by atoms with van der Waals surface area (Å²) in [4.78, 5) is 31.2. The number of benzene rings is 1. The summed E-state index contributed by atoms with van der Waals surface area (Å²) < 4.78 is 5.32. The van der Waals surface area contributed by atoms with Crippen LogP contribution in [0.3, 0.4) is 0 Å². The zero-order valence-electron chi connectivity index (χ0n) is 18.2. The summed E-state index contributed by atoms with van der Waals surface area (Å²) in [7, 11) is 4.04. The summed E-state index contributed by atoms with van der Waals surface area (Å²) in [5.41, 5.74) is 2.30. The van der Waals surface area contributed by atoms with Crippen LogP contribution in [0.5, 0.6) is 0 Å². The molecule has 30 heavy (non-hydrogen) atoms. The fourth-order valence-corrected chi connectivity index (χ4v) is 4.01. The third kappa shape index (κ3) is 6.42. The Bertz CT molecular complexity index is 683. The molecule has 3 rings (SSSR count). The van der Waals surface area contributed by atoms with Gasteiger partial charge in [-0.25, -0.2) is 0 Å². The van der Waals surface area contributed by atoms with Gasteiger partial charge in [-0.2, -0.15) is 0 Å². The molecule has 8 nitrogen and oxygen atoms in total. The van der Waals surface area contributed by atoms with Gasteiger partial charge in [-0.05, 0) is 43.6 Å². The number of morpholine rings is 1. The first-order chi connectivity index (χ1) is 14.5. The maximum Gasteiger partial charge on any atom is 0.309 e. The Morgan fingerprint density at radius 3 is 2.27 bits per heavy atom. The van der Waals surface area contributed by atoms with Crippen molar-refractivity contribution in [2.45, 2.75) is 18.9 Å². The number of carbonyl (C=O) groups is 2. The van der Waals surface area contributed by atoms with E-state index in [1.165, 1.54) is 12.8 Å². The van der Waals surface area contributed by atoms with Crippen molar-refractivity contribution in [3.8, 4) is 0 Å². The first-order valence-corrected chi connectivity index (χ1v) is 10.9. The molecule has 166 valence electrons. The number of anilines is 1. The van der Waals surface area contributed by atoms with Gasteiger partial charge in [-0.1, -0.05) is 12.1 Å². The van der Waals surface area contributed by atoms with Gasteiger partial charge in [0.2, 0.25) is 0 Å². The van der Waals surface area contributed by atoms with E-state index in [4.69, 9.17) is 4.74 Å². The van der Waals surface area contributed by atoms with E-state index >= 15 is 0 Å². The monoisotopic (exact) mass is 417 g/mol. The van der Waals surface area contributed by atoms with E-state index < -0.39 is 11.8 Å². The molecule has 1 aromatic carbocycles. The first kappa shape index (κ1) is 22.5. The molecule has 0 aliphatic carbocycles. The lowest BCUT2D eigenvalue weighted by molar-refractivity contribution is -0.139. The molecular formula is C22H35N5O3. The number of carbonyl (C=O) groups excluding carboxylic acids is 2. The van der Waals surface area contributed by atoms with E-state index in [0.717, 1.165) is 57.2 Å². The molecule has 2 amide bonds. The second-order valence-corrected chi connectivity index (χ2v) is 8.16. The number of hydrogen-bond acceptors (Lipinski definition) is 6. The molecular weight excluding hydrogens is 382 g/mol. The Labute approximate surface area is 179 Å². The average Bonchev–Trinajstić information content (AvgIpc) is 3.29. The molecule has 0 radical (unpaired) electrons. The quantitative estimate of drug-likeness (QED) is 0.599. The van der Waals surface area contributed by atoms with Gasteiger partial charge in [0.25, 0.3) is 0 Å². The Balaban J connectivity index is 1.50. The van der Waals surface area contributed by atoms with Crippen LogP contribution in [-0.2, 0) is 14.3 Å². The van der Waals surface area contributed by atoms with Gasteiger partial charge >= 0.3 is 11.8 Å². The normalized spacial score (nSPS) is 18.7. The largest absolute Gasteiger partial charge is 0.379 e. The molecule has 2 aliphatic heterocycles. The second kappa shape index (κ2) is 11.3. The van der Waals surface area contributed by atoms with Gasteiger partial charge in [-0.3, -0.25) is 19.4 Å². The summed E-state index contributed by atoms with van der Waals surface area (Å²) in [6.45, 7) is 6.84. The fourth-order valence-electron chi connectivity index (χ4n) is 4.01. The lowest BCUT2D eigenvalue weighted by atomic mass is 10.0. The van der Waals surface area contributed by atoms with Crippen molar-refractivity contribution in [3.05, 3.63) is 29.8 Å². The van der Waals surface area contributed by atoms with Crippen LogP contribution in [0.15, 0.2) is 24.3 Å². The van der Waals surface area contributed by atoms with Crippen LogP contribution in [0.4, 0.5) is 5.69 Å². The lowest BCUT2D eigenvalue weighted by Crippen LogP contribution is -2.46. The van der Waals surface area contributed by atoms with Crippen LogP contribution < -0.4 is 15.5 Å². The topological polar surface area (TPSA) is 77.2 Å². The van der Waals surface area contributed by atoms with Crippen molar-refractivity contribution >= 4 is 17.5 Å². The maximum atomic E-state index is 12.3. The molecule has 8 heteroatoms. The van der Waals surface area contributed by atoms with E-state index in [0.29, 0.717) is 13.1 Å². The van der Waals surface area contributed by atoms with Crippen LogP contribution in [0.2, 0.25) is 0 Å². The van der Waals surface area contributed by atoms with Gasteiger partial charge < -0.3 is 20.3 Å². The predicted octanol–water partition coefficient (Wildman–Crippen LogP) is 0.454. The highest BCUT2D eigenvalue weighted by Gasteiger charge is 2.25. The van der Waals surface area contributed by atoms with Crippen molar-refractivity contribution in [1.82, 2.24) is 20.4 Å². The number of rotatable bonds is 8. The van der Waals surface area contributed by atoms with Gasteiger partial charge in [0.05, 0.1) is 19.3 Å². The SMILES string of the molecule is CN(C)c1ccc([C@H](CNC(=O)C(=O)NCCN2CCOCC2)N2CCCC2)cc1. The third-order valence-corrected chi connectivity index (χ3v) is 5.86. The fraction of sp³-hybridized carbons (Fsp3) is 0.636. The summed E-state index contributed by atoms with van der Waals surface area (Å²) in [5.74, 6) is -1.13. The average molecular weight is 418 g/mol. The van der Waals surface area contributed by atoms with E-state index in [1.807, 2.05) is 14.1 Å². The molecule has 2 aliphatic rings. The third-order valence-electron chi connectivity index (χ3n) is 5.86. The minimum Gasteiger partial charge on any atom is -0.379 e. The lowest BCUT2D eigenvalue weighted by Gasteiger charge is -2.28. The molecule has 2 saturated heterocycles. The molecule has 0 spiro atoms. The number of likely N-dealkylation sites (tertiary alicyclic amines) is 1. The summed E-state index contributed by atoms with van der Waals surface area (Å²) >= 11 is 0. The Morgan fingerprint density at radius 1 is 1.00 bits per heavy atom. The van der Waals surface area contributed by atoms with Gasteiger partial charge in [0.1, 0.15) is 0 Å². The Hall–Kier alpha value is -2.16. The summed E-state index contributed by atoms with van der Waals surface area (Å²) in [6.07, 6.45) is 2.34. The van der Waals surface area contributed by atoms with Crippen LogP contribution in [-0.4, -0.2) is 94.7 Å². The van der Waals surface area contributed by atoms with E-state index in [1.54, 1.807) is 0 Å². The number of ether oxygens (including phenoxy) is 1. The molecule has 2 N–H and O–H groups in total. The highest BCUT2D eigenvalue weighted by Crippen LogP contribution is 2.26. The minimum absolute atomic E-state index is 0.0776. The Morgan fingerprint density at radius 2 is 1.63 bits per heavy atom. The van der Waals surface area contributed by atoms with Crippen LogP contribution in [0.25, 0.3) is 0 Å². The van der Waals surface area contributed by atoms with Crippen molar-refractivity contribution in [2.24, 2.45) is 0 Å². The van der Waals surface area contributed by atoms with Gasteiger partial charge in [-0.15, -0.1) is 0 Å². The van der Waals surface area contributed by atoms with Crippen LogP contribution in [0.1, 0.15) is 24.4 Å². The molecule has 1 aromatic rings. The Kier molecular flexibility index (Phi) is 8.48. The zero-order chi connectivity index (χ0) is 21.3. The van der Waals surface area contributed by atoms with E-state index in [-0.39, 0.29) is 6.04 Å². The highest BCUT2D eigenvalue weighted by atomic mass is 16.5.